The van der Waals surface area contributed by atoms with Crippen LogP contribution in [-0.4, -0.2) is 26.4 Å². The Kier molecular flexibility index (Phi) is 4.35. The monoisotopic (exact) mass is 351 g/mol. The smallest absolute Gasteiger partial charge is 0.191 e. The molecule has 4 aromatic rings. The van der Waals surface area contributed by atoms with Crippen LogP contribution in [0.15, 0.2) is 64.2 Å². The van der Waals surface area contributed by atoms with Gasteiger partial charge < -0.3 is 0 Å². The van der Waals surface area contributed by atoms with Crippen LogP contribution < -0.4 is 0 Å². The molecule has 7 heteroatoms. The fraction of sp³-hybridized carbons (Fsp3) is 0.0588. The number of hydrogen-bond donors (Lipinski definition) is 1. The van der Waals surface area contributed by atoms with Gasteiger partial charge in [-0.05, 0) is 17.0 Å². The lowest BCUT2D eigenvalue weighted by molar-refractivity contribution is 0.979. The van der Waals surface area contributed by atoms with E-state index in [0.717, 1.165) is 16.0 Å². The molecule has 1 N–H and O–H groups in total. The molecule has 0 saturated carbocycles. The van der Waals surface area contributed by atoms with E-state index in [9.17, 15) is 0 Å². The van der Waals surface area contributed by atoms with Crippen molar-refractivity contribution in [2.24, 2.45) is 4.99 Å². The number of H-pyrrole nitrogens is 1. The summed E-state index contributed by atoms with van der Waals surface area (Å²) in [6.45, 7) is 0. The summed E-state index contributed by atoms with van der Waals surface area (Å²) in [6.07, 6.45) is 3.53. The topological polar surface area (TPSA) is 66.8 Å². The molecule has 3 aromatic heterocycles. The number of aromatic amines is 1. The average Bonchev–Trinajstić information content (AvgIpc) is 3.30. The van der Waals surface area contributed by atoms with Gasteiger partial charge in [0.1, 0.15) is 0 Å². The number of aromatic nitrogens is 4. The molecule has 0 unspecified atom stereocenters. The van der Waals surface area contributed by atoms with E-state index in [1.165, 1.54) is 5.56 Å². The van der Waals surface area contributed by atoms with Gasteiger partial charge in [-0.1, -0.05) is 48.2 Å². The Labute approximate surface area is 146 Å². The largest absolute Gasteiger partial charge is 0.261 e. The fourth-order valence-corrected chi connectivity index (χ4v) is 3.55. The van der Waals surface area contributed by atoms with Gasteiger partial charge in [-0.3, -0.25) is 5.10 Å². The molecule has 0 fully saturated rings. The summed E-state index contributed by atoms with van der Waals surface area (Å²) >= 11 is 3.23. The number of thiophene rings is 1. The summed E-state index contributed by atoms with van der Waals surface area (Å²) < 4.78 is 0. The summed E-state index contributed by atoms with van der Waals surface area (Å²) in [5.74, 6) is 1.45. The molecule has 5 nitrogen and oxygen atoms in total. The van der Waals surface area contributed by atoms with Crippen LogP contribution in [0.2, 0.25) is 0 Å². The van der Waals surface area contributed by atoms with Crippen LogP contribution in [0.25, 0.3) is 11.0 Å². The highest BCUT2D eigenvalue weighted by atomic mass is 32.2. The first-order chi connectivity index (χ1) is 11.9. The first kappa shape index (κ1) is 15.0. The lowest BCUT2D eigenvalue weighted by Gasteiger charge is -2.02. The Balaban J connectivity index is 1.62. The van der Waals surface area contributed by atoms with Crippen LogP contribution in [0.4, 0.5) is 5.82 Å². The van der Waals surface area contributed by atoms with Crippen molar-refractivity contribution >= 4 is 46.2 Å². The predicted molar refractivity (Wildman–Crippen MR) is 99.3 cm³/mol. The molecule has 0 atom stereocenters. The second-order valence-corrected chi connectivity index (χ2v) is 6.93. The number of nitrogens with zero attached hydrogens (tertiary/aromatic N) is 4. The molecule has 24 heavy (non-hydrogen) atoms. The Hall–Kier alpha value is -2.51. The number of aliphatic imine (C=N–C) groups is 1. The average molecular weight is 351 g/mol. The number of thioether (sulfide) groups is 1. The van der Waals surface area contributed by atoms with E-state index in [2.05, 4.69) is 37.3 Å². The van der Waals surface area contributed by atoms with Crippen LogP contribution in [0.1, 0.15) is 10.4 Å². The predicted octanol–water partition coefficient (Wildman–Crippen LogP) is 4.46. The molecule has 0 aliphatic carbocycles. The Morgan fingerprint density at radius 1 is 1.12 bits per heavy atom. The van der Waals surface area contributed by atoms with E-state index in [-0.39, 0.29) is 0 Å². The van der Waals surface area contributed by atoms with Crippen molar-refractivity contribution in [2.45, 2.75) is 10.9 Å². The minimum Gasteiger partial charge on any atom is -0.261 e. The summed E-state index contributed by atoms with van der Waals surface area (Å²) in [7, 11) is 0. The molecule has 0 spiro atoms. The van der Waals surface area contributed by atoms with Crippen LogP contribution in [0.3, 0.4) is 0 Å². The fourth-order valence-electron chi connectivity index (χ4n) is 2.17. The quantitative estimate of drug-likeness (QED) is 0.327. The van der Waals surface area contributed by atoms with Gasteiger partial charge in [-0.15, -0.1) is 11.3 Å². The lowest BCUT2D eigenvalue weighted by Crippen LogP contribution is -1.90. The molecular formula is C17H13N5S2. The maximum atomic E-state index is 4.59. The first-order valence-corrected chi connectivity index (χ1v) is 9.20. The third-order valence-corrected chi connectivity index (χ3v) is 5.06. The molecule has 0 saturated heterocycles. The minimum atomic E-state index is 0.637. The highest BCUT2D eigenvalue weighted by molar-refractivity contribution is 7.98. The third kappa shape index (κ3) is 3.37. The van der Waals surface area contributed by atoms with Crippen molar-refractivity contribution in [2.75, 3.05) is 0 Å². The van der Waals surface area contributed by atoms with Gasteiger partial charge in [0.05, 0.1) is 11.6 Å². The van der Waals surface area contributed by atoms with Crippen molar-refractivity contribution in [3.63, 3.8) is 0 Å². The van der Waals surface area contributed by atoms with Crippen LogP contribution in [0.5, 0.6) is 0 Å². The van der Waals surface area contributed by atoms with Gasteiger partial charge in [0, 0.05) is 16.8 Å². The normalized spacial score (nSPS) is 11.5. The standard InChI is InChI=1S/C17H13N5S2/c1-2-5-12(6-3-1)11-24-17-20-15(14-10-19-22-16(14)21-17)18-9-13-7-4-8-23-13/h1-10H,11H2,(H,19,20,21,22). The maximum absolute atomic E-state index is 4.59. The number of hydrogen-bond acceptors (Lipinski definition) is 6. The van der Waals surface area contributed by atoms with Gasteiger partial charge in [0.15, 0.2) is 16.6 Å². The Morgan fingerprint density at radius 3 is 2.88 bits per heavy atom. The third-order valence-electron chi connectivity index (χ3n) is 3.34. The highest BCUT2D eigenvalue weighted by Crippen LogP contribution is 2.27. The molecular weight excluding hydrogens is 338 g/mol. The zero-order valence-corrected chi connectivity index (χ0v) is 14.2. The Bertz CT molecular complexity index is 961. The van der Waals surface area contributed by atoms with E-state index < -0.39 is 0 Å². The van der Waals surface area contributed by atoms with E-state index in [1.807, 2.05) is 41.9 Å². The molecule has 118 valence electrons. The molecule has 4 rings (SSSR count). The molecule has 0 aliphatic rings. The first-order valence-electron chi connectivity index (χ1n) is 7.34. The van der Waals surface area contributed by atoms with Crippen molar-refractivity contribution in [3.05, 3.63) is 64.5 Å². The summed E-state index contributed by atoms with van der Waals surface area (Å²) in [6, 6.07) is 14.3. The zero-order chi connectivity index (χ0) is 16.2. The van der Waals surface area contributed by atoms with E-state index >= 15 is 0 Å². The van der Waals surface area contributed by atoms with Gasteiger partial charge in [0.25, 0.3) is 0 Å². The van der Waals surface area contributed by atoms with E-state index in [0.29, 0.717) is 16.6 Å². The number of rotatable bonds is 5. The molecule has 0 radical (unpaired) electrons. The van der Waals surface area contributed by atoms with Crippen LogP contribution in [-0.2, 0) is 5.75 Å². The van der Waals surface area contributed by atoms with Crippen molar-refractivity contribution < 1.29 is 0 Å². The molecule has 0 aliphatic heterocycles. The summed E-state index contributed by atoms with van der Waals surface area (Å²) in [4.78, 5) is 14.7. The van der Waals surface area contributed by atoms with Gasteiger partial charge in [-0.25, -0.2) is 15.0 Å². The molecule has 0 bridgehead atoms. The van der Waals surface area contributed by atoms with Crippen molar-refractivity contribution in [1.29, 1.82) is 0 Å². The van der Waals surface area contributed by atoms with Gasteiger partial charge >= 0.3 is 0 Å². The van der Waals surface area contributed by atoms with Gasteiger partial charge in [0.2, 0.25) is 0 Å². The second kappa shape index (κ2) is 6.94. The molecule has 1 aromatic carbocycles. The van der Waals surface area contributed by atoms with Crippen LogP contribution in [0, 0.1) is 0 Å². The number of fused-ring (bicyclic) bond motifs is 1. The lowest BCUT2D eigenvalue weighted by atomic mass is 10.2. The maximum Gasteiger partial charge on any atom is 0.191 e. The van der Waals surface area contributed by atoms with Gasteiger partial charge in [-0.2, -0.15) is 5.10 Å². The zero-order valence-electron chi connectivity index (χ0n) is 12.6. The van der Waals surface area contributed by atoms with Crippen LogP contribution >= 0.6 is 23.1 Å². The molecule has 0 amide bonds. The molecule has 3 heterocycles. The number of benzene rings is 1. The summed E-state index contributed by atoms with van der Waals surface area (Å²) in [5, 5.41) is 10.5. The SMILES string of the molecule is C(=Nc1nc(SCc2ccccc2)nc2[nH]ncc12)c1cccs1. The highest BCUT2D eigenvalue weighted by Gasteiger charge is 2.09. The number of nitrogens with one attached hydrogen (secondary N) is 1. The van der Waals surface area contributed by atoms with E-state index in [4.69, 9.17) is 0 Å². The van der Waals surface area contributed by atoms with E-state index in [1.54, 1.807) is 29.3 Å². The minimum absolute atomic E-state index is 0.637. The Morgan fingerprint density at radius 2 is 2.04 bits per heavy atom. The van der Waals surface area contributed by atoms with Crippen molar-refractivity contribution in [1.82, 2.24) is 20.2 Å². The summed E-state index contributed by atoms with van der Waals surface area (Å²) in [5.41, 5.74) is 1.94. The second-order valence-electron chi connectivity index (χ2n) is 5.01. The van der Waals surface area contributed by atoms with Crippen molar-refractivity contribution in [3.8, 4) is 0 Å².